The molecule has 1 aromatic heterocycles. The summed E-state index contributed by atoms with van der Waals surface area (Å²) in [5, 5.41) is 16.0. The molecule has 0 aliphatic heterocycles. The van der Waals surface area contributed by atoms with E-state index in [1.54, 1.807) is 6.92 Å². The van der Waals surface area contributed by atoms with Crippen molar-refractivity contribution in [3.8, 4) is 6.07 Å². The second kappa shape index (κ2) is 8.59. The number of amides is 1. The Morgan fingerprint density at radius 1 is 1.33 bits per heavy atom. The van der Waals surface area contributed by atoms with E-state index in [0.29, 0.717) is 22.7 Å². The first-order chi connectivity index (χ1) is 13.0. The molecule has 2 aromatic rings. The summed E-state index contributed by atoms with van der Waals surface area (Å²) in [4.78, 5) is 13.4. The number of fused-ring (bicyclic) bond motifs is 1. The number of carbonyl (C=O) groups is 1. The van der Waals surface area contributed by atoms with E-state index in [1.165, 1.54) is 28.3 Å². The van der Waals surface area contributed by atoms with Gasteiger partial charge in [-0.05, 0) is 44.2 Å². The van der Waals surface area contributed by atoms with E-state index in [2.05, 4.69) is 16.7 Å². The molecule has 0 saturated heterocycles. The van der Waals surface area contributed by atoms with E-state index >= 15 is 0 Å². The van der Waals surface area contributed by atoms with Crippen LogP contribution in [0.1, 0.15) is 53.8 Å². The van der Waals surface area contributed by atoms with Gasteiger partial charge in [0.05, 0.1) is 5.56 Å². The maximum Gasteiger partial charge on any atom is 0.226 e. The highest BCUT2D eigenvalue weighted by Gasteiger charge is 2.21. The fourth-order valence-corrected chi connectivity index (χ4v) is 4.58. The Kier molecular flexibility index (Phi) is 6.19. The molecule has 7 heteroatoms. The van der Waals surface area contributed by atoms with Crippen molar-refractivity contribution in [1.82, 2.24) is 5.32 Å². The third-order valence-corrected chi connectivity index (χ3v) is 5.97. The minimum Gasteiger partial charge on any atom is -0.317 e. The van der Waals surface area contributed by atoms with E-state index in [1.807, 2.05) is 0 Å². The molecule has 1 heterocycles. The Balaban J connectivity index is 1.54. The number of anilines is 1. The molecule has 1 aromatic carbocycles. The van der Waals surface area contributed by atoms with E-state index in [9.17, 15) is 18.8 Å². The summed E-state index contributed by atoms with van der Waals surface area (Å²) in [5.74, 6) is -1.42. The monoisotopic (exact) mass is 389 g/mol. The number of nitrogens with one attached hydrogen (secondary N) is 2. The standard InChI is InChI=1S/C20H21F2N3OS/c1-12(14-7-6-13(21)10-17(14)22)24-9-8-19(26)25-20-16(11-23)15-4-2-3-5-18(15)27-20/h6-7,10,12,24H,2-5,8-9H2,1H3,(H,25,26)/t12-/m0/s1. The summed E-state index contributed by atoms with van der Waals surface area (Å²) in [5.41, 5.74) is 2.04. The van der Waals surface area contributed by atoms with E-state index in [4.69, 9.17) is 0 Å². The Labute approximate surface area is 161 Å². The Bertz CT molecular complexity index is 888. The largest absolute Gasteiger partial charge is 0.317 e. The highest BCUT2D eigenvalue weighted by atomic mass is 32.1. The van der Waals surface area contributed by atoms with Crippen LogP contribution in [0.2, 0.25) is 0 Å². The number of halogens is 2. The van der Waals surface area contributed by atoms with Gasteiger partial charge in [-0.25, -0.2) is 8.78 Å². The predicted molar refractivity (Wildman–Crippen MR) is 102 cm³/mol. The van der Waals surface area contributed by atoms with E-state index in [0.717, 1.165) is 37.3 Å². The molecule has 3 rings (SSSR count). The van der Waals surface area contributed by atoms with Gasteiger partial charge in [0.15, 0.2) is 0 Å². The van der Waals surface area contributed by atoms with E-state index < -0.39 is 11.6 Å². The Morgan fingerprint density at radius 3 is 2.85 bits per heavy atom. The molecule has 2 N–H and O–H groups in total. The summed E-state index contributed by atoms with van der Waals surface area (Å²) in [6.45, 7) is 2.10. The molecule has 4 nitrogen and oxygen atoms in total. The van der Waals surface area contributed by atoms with Crippen LogP contribution in [-0.2, 0) is 17.6 Å². The number of hydrogen-bond donors (Lipinski definition) is 2. The van der Waals surface area contributed by atoms with Gasteiger partial charge in [-0.1, -0.05) is 6.07 Å². The number of hydrogen-bond acceptors (Lipinski definition) is 4. The molecular formula is C20H21F2N3OS. The lowest BCUT2D eigenvalue weighted by molar-refractivity contribution is -0.116. The maximum atomic E-state index is 13.8. The van der Waals surface area contributed by atoms with E-state index in [-0.39, 0.29) is 18.4 Å². The lowest BCUT2D eigenvalue weighted by atomic mass is 9.96. The number of nitrogens with zero attached hydrogens (tertiary/aromatic N) is 1. The van der Waals surface area contributed by atoms with Crippen molar-refractivity contribution in [2.24, 2.45) is 0 Å². The van der Waals surface area contributed by atoms with Crippen LogP contribution in [0.4, 0.5) is 13.8 Å². The van der Waals surface area contributed by atoms with Gasteiger partial charge >= 0.3 is 0 Å². The Hall–Kier alpha value is -2.30. The van der Waals surface area contributed by atoms with Crippen LogP contribution in [0.15, 0.2) is 18.2 Å². The van der Waals surface area contributed by atoms with Crippen LogP contribution in [0.3, 0.4) is 0 Å². The summed E-state index contributed by atoms with van der Waals surface area (Å²) in [6.07, 6.45) is 4.25. The molecule has 27 heavy (non-hydrogen) atoms. The first-order valence-electron chi connectivity index (χ1n) is 9.02. The van der Waals surface area contributed by atoms with Crippen molar-refractivity contribution in [3.05, 3.63) is 51.4 Å². The maximum absolute atomic E-state index is 13.8. The molecule has 142 valence electrons. The molecule has 0 saturated carbocycles. The Morgan fingerprint density at radius 2 is 2.11 bits per heavy atom. The lowest BCUT2D eigenvalue weighted by Crippen LogP contribution is -2.25. The molecule has 0 unspecified atom stereocenters. The van der Waals surface area contributed by atoms with Gasteiger partial charge in [-0.2, -0.15) is 5.26 Å². The highest BCUT2D eigenvalue weighted by molar-refractivity contribution is 7.16. The van der Waals surface area contributed by atoms with Gasteiger partial charge in [-0.3, -0.25) is 4.79 Å². The molecule has 1 amide bonds. The van der Waals surface area contributed by atoms with Crippen molar-refractivity contribution < 1.29 is 13.6 Å². The average Bonchev–Trinajstić information content (AvgIpc) is 2.98. The third kappa shape index (κ3) is 4.52. The van der Waals surface area contributed by atoms with Crippen LogP contribution in [-0.4, -0.2) is 12.5 Å². The molecule has 1 aliphatic rings. The number of aryl methyl sites for hydroxylation is 1. The second-order valence-corrected chi connectivity index (χ2v) is 7.77. The quantitative estimate of drug-likeness (QED) is 0.767. The minimum atomic E-state index is -0.616. The number of thiophene rings is 1. The van der Waals surface area contributed by atoms with Crippen LogP contribution in [0.5, 0.6) is 0 Å². The zero-order valence-corrected chi connectivity index (χ0v) is 15.9. The molecule has 0 radical (unpaired) electrons. The molecule has 0 bridgehead atoms. The predicted octanol–water partition coefficient (Wildman–Crippen LogP) is 4.46. The van der Waals surface area contributed by atoms with Crippen molar-refractivity contribution in [2.75, 3.05) is 11.9 Å². The number of nitriles is 1. The SMILES string of the molecule is C[C@H](NCCC(=O)Nc1sc2c(c1C#N)CCCC2)c1ccc(F)cc1F. The fourth-order valence-electron chi connectivity index (χ4n) is 3.33. The normalized spacial score (nSPS) is 14.3. The topological polar surface area (TPSA) is 64.9 Å². The second-order valence-electron chi connectivity index (χ2n) is 6.67. The van der Waals surface area contributed by atoms with Gasteiger partial charge in [0.2, 0.25) is 5.91 Å². The van der Waals surface area contributed by atoms with Crippen molar-refractivity contribution in [2.45, 2.75) is 45.1 Å². The van der Waals surface area contributed by atoms with Crippen LogP contribution < -0.4 is 10.6 Å². The number of benzene rings is 1. The summed E-state index contributed by atoms with van der Waals surface area (Å²) >= 11 is 1.49. The van der Waals surface area contributed by atoms with Gasteiger partial charge in [-0.15, -0.1) is 11.3 Å². The van der Waals surface area contributed by atoms with Crippen molar-refractivity contribution in [3.63, 3.8) is 0 Å². The van der Waals surface area contributed by atoms with Crippen LogP contribution >= 0.6 is 11.3 Å². The smallest absolute Gasteiger partial charge is 0.226 e. The molecule has 0 fully saturated rings. The molecule has 1 aliphatic carbocycles. The van der Waals surface area contributed by atoms with Crippen molar-refractivity contribution >= 4 is 22.2 Å². The summed E-state index contributed by atoms with van der Waals surface area (Å²) < 4.78 is 26.8. The zero-order valence-electron chi connectivity index (χ0n) is 15.1. The average molecular weight is 389 g/mol. The van der Waals surface area contributed by atoms with Crippen molar-refractivity contribution in [1.29, 1.82) is 5.26 Å². The van der Waals surface area contributed by atoms with Gasteiger partial charge in [0.1, 0.15) is 22.7 Å². The lowest BCUT2D eigenvalue weighted by Gasteiger charge is -2.15. The third-order valence-electron chi connectivity index (χ3n) is 4.77. The van der Waals surface area contributed by atoms with Crippen LogP contribution in [0, 0.1) is 23.0 Å². The number of carbonyl (C=O) groups excluding carboxylic acids is 1. The summed E-state index contributed by atoms with van der Waals surface area (Å²) in [7, 11) is 0. The minimum absolute atomic E-state index is 0.190. The molecule has 0 spiro atoms. The highest BCUT2D eigenvalue weighted by Crippen LogP contribution is 2.37. The zero-order chi connectivity index (χ0) is 19.4. The van der Waals surface area contributed by atoms with Gasteiger partial charge in [0.25, 0.3) is 0 Å². The first kappa shape index (κ1) is 19.5. The summed E-state index contributed by atoms with van der Waals surface area (Å²) in [6, 6.07) is 5.34. The number of rotatable bonds is 6. The first-order valence-corrected chi connectivity index (χ1v) is 9.84. The molecular weight excluding hydrogens is 368 g/mol. The van der Waals surface area contributed by atoms with Crippen LogP contribution in [0.25, 0.3) is 0 Å². The fraction of sp³-hybridized carbons (Fsp3) is 0.400. The molecule has 1 atom stereocenters. The van der Waals surface area contributed by atoms with Gasteiger partial charge in [0, 0.05) is 35.5 Å². The van der Waals surface area contributed by atoms with Gasteiger partial charge < -0.3 is 10.6 Å².